The topological polar surface area (TPSA) is 63.0 Å². The molecule has 0 amide bonds. The zero-order valence-electron chi connectivity index (χ0n) is 10.5. The van der Waals surface area contributed by atoms with Crippen LogP contribution in [0.15, 0.2) is 34.5 Å². The molecule has 2 N–H and O–H groups in total. The number of hydrogen-bond donors (Lipinski definition) is 2. The monoisotopic (exact) mass is 274 g/mol. The fraction of sp³-hybridized carbons (Fsp3) is 0.231. The van der Waals surface area contributed by atoms with Crippen molar-refractivity contribution in [3.63, 3.8) is 0 Å². The molecule has 6 heteroatoms. The van der Waals surface area contributed by atoms with E-state index >= 15 is 0 Å². The van der Waals surface area contributed by atoms with Crippen molar-refractivity contribution >= 4 is 33.3 Å². The van der Waals surface area contributed by atoms with Crippen molar-refractivity contribution < 1.29 is 4.42 Å². The molecule has 0 fully saturated rings. The van der Waals surface area contributed by atoms with Crippen molar-refractivity contribution in [1.29, 1.82) is 0 Å². The van der Waals surface area contributed by atoms with Crippen LogP contribution in [0.4, 0.5) is 11.8 Å². The molecule has 3 rings (SSSR count). The summed E-state index contributed by atoms with van der Waals surface area (Å²) in [5, 5.41) is 9.56. The van der Waals surface area contributed by atoms with Gasteiger partial charge in [-0.1, -0.05) is 0 Å². The SMILES string of the molecule is CCNc1nc(NCc2ccoc2)c2ccsc2n1. The Labute approximate surface area is 114 Å². The minimum atomic E-state index is 0.659. The van der Waals surface area contributed by atoms with E-state index in [1.54, 1.807) is 23.9 Å². The molecule has 0 radical (unpaired) electrons. The molecule has 0 aliphatic rings. The summed E-state index contributed by atoms with van der Waals surface area (Å²) in [6.07, 6.45) is 3.39. The number of thiophene rings is 1. The van der Waals surface area contributed by atoms with Crippen LogP contribution < -0.4 is 10.6 Å². The summed E-state index contributed by atoms with van der Waals surface area (Å²) in [4.78, 5) is 9.96. The lowest BCUT2D eigenvalue weighted by Gasteiger charge is -2.08. The van der Waals surface area contributed by atoms with Gasteiger partial charge in [-0.05, 0) is 24.4 Å². The highest BCUT2D eigenvalue weighted by Gasteiger charge is 2.08. The van der Waals surface area contributed by atoms with Gasteiger partial charge in [-0.15, -0.1) is 11.3 Å². The van der Waals surface area contributed by atoms with Crippen LogP contribution in [-0.4, -0.2) is 16.5 Å². The normalized spacial score (nSPS) is 10.8. The molecule has 5 nitrogen and oxygen atoms in total. The van der Waals surface area contributed by atoms with Crippen LogP contribution in [0.25, 0.3) is 10.2 Å². The van der Waals surface area contributed by atoms with Crippen molar-refractivity contribution in [3.05, 3.63) is 35.6 Å². The average molecular weight is 274 g/mol. The number of hydrogen-bond acceptors (Lipinski definition) is 6. The number of furan rings is 1. The Hall–Kier alpha value is -2.08. The number of fused-ring (bicyclic) bond motifs is 1. The van der Waals surface area contributed by atoms with Crippen molar-refractivity contribution in [1.82, 2.24) is 9.97 Å². The van der Waals surface area contributed by atoms with Gasteiger partial charge in [-0.3, -0.25) is 0 Å². The predicted octanol–water partition coefficient (Wildman–Crippen LogP) is 3.33. The molecular formula is C13H14N4OS. The quantitative estimate of drug-likeness (QED) is 0.747. The standard InChI is InChI=1S/C13H14N4OS/c1-2-14-13-16-11(10-4-6-19-12(10)17-13)15-7-9-3-5-18-8-9/h3-6,8H,2,7H2,1H3,(H2,14,15,16,17). The number of aromatic nitrogens is 2. The first-order valence-corrected chi connectivity index (χ1v) is 6.99. The summed E-state index contributed by atoms with van der Waals surface area (Å²) in [5.41, 5.74) is 1.09. The van der Waals surface area contributed by atoms with Gasteiger partial charge in [0.1, 0.15) is 10.6 Å². The summed E-state index contributed by atoms with van der Waals surface area (Å²) < 4.78 is 5.05. The summed E-state index contributed by atoms with van der Waals surface area (Å²) in [5.74, 6) is 1.51. The maximum Gasteiger partial charge on any atom is 0.226 e. The molecular weight excluding hydrogens is 260 g/mol. The minimum Gasteiger partial charge on any atom is -0.472 e. The van der Waals surface area contributed by atoms with Crippen LogP contribution in [0.2, 0.25) is 0 Å². The highest BCUT2D eigenvalue weighted by atomic mass is 32.1. The third-order valence-electron chi connectivity index (χ3n) is 2.70. The van der Waals surface area contributed by atoms with Gasteiger partial charge in [0.05, 0.1) is 17.9 Å². The maximum absolute atomic E-state index is 5.05. The average Bonchev–Trinajstić information content (AvgIpc) is 3.07. The Balaban J connectivity index is 1.89. The molecule has 3 heterocycles. The van der Waals surface area contributed by atoms with Gasteiger partial charge in [-0.2, -0.15) is 4.98 Å². The molecule has 3 aromatic heterocycles. The van der Waals surface area contributed by atoms with E-state index in [4.69, 9.17) is 4.42 Å². The molecule has 0 saturated carbocycles. The van der Waals surface area contributed by atoms with Gasteiger partial charge < -0.3 is 15.1 Å². The smallest absolute Gasteiger partial charge is 0.226 e. The van der Waals surface area contributed by atoms with E-state index in [2.05, 4.69) is 20.6 Å². The van der Waals surface area contributed by atoms with E-state index in [9.17, 15) is 0 Å². The first-order chi connectivity index (χ1) is 9.36. The van der Waals surface area contributed by atoms with Gasteiger partial charge in [-0.25, -0.2) is 4.98 Å². The van der Waals surface area contributed by atoms with E-state index < -0.39 is 0 Å². The summed E-state index contributed by atoms with van der Waals surface area (Å²) in [7, 11) is 0. The van der Waals surface area contributed by atoms with Crippen molar-refractivity contribution in [3.8, 4) is 0 Å². The van der Waals surface area contributed by atoms with Gasteiger partial charge in [0.15, 0.2) is 0 Å². The van der Waals surface area contributed by atoms with Crippen LogP contribution in [0.1, 0.15) is 12.5 Å². The Bertz CT molecular complexity index is 662. The second-order valence-corrected chi connectivity index (χ2v) is 4.95. The second-order valence-electron chi connectivity index (χ2n) is 4.05. The molecule has 0 aliphatic heterocycles. The fourth-order valence-corrected chi connectivity index (χ4v) is 2.57. The van der Waals surface area contributed by atoms with Gasteiger partial charge in [0, 0.05) is 18.7 Å². The third-order valence-corrected chi connectivity index (χ3v) is 3.51. The second kappa shape index (κ2) is 5.27. The number of nitrogens with zero attached hydrogens (tertiary/aromatic N) is 2. The van der Waals surface area contributed by atoms with Crippen LogP contribution in [0, 0.1) is 0 Å². The van der Waals surface area contributed by atoms with Crippen LogP contribution in [0.3, 0.4) is 0 Å². The van der Waals surface area contributed by atoms with E-state index in [0.29, 0.717) is 12.5 Å². The fourth-order valence-electron chi connectivity index (χ4n) is 1.81. The Kier molecular flexibility index (Phi) is 3.33. The lowest BCUT2D eigenvalue weighted by Crippen LogP contribution is -2.06. The van der Waals surface area contributed by atoms with E-state index in [1.807, 2.05) is 24.4 Å². The van der Waals surface area contributed by atoms with Crippen molar-refractivity contribution in [2.45, 2.75) is 13.5 Å². The van der Waals surface area contributed by atoms with E-state index in [-0.39, 0.29) is 0 Å². The zero-order valence-corrected chi connectivity index (χ0v) is 11.3. The van der Waals surface area contributed by atoms with Gasteiger partial charge in [0.2, 0.25) is 5.95 Å². The van der Waals surface area contributed by atoms with Gasteiger partial charge >= 0.3 is 0 Å². The molecule has 0 aromatic carbocycles. The lowest BCUT2D eigenvalue weighted by atomic mass is 10.3. The van der Waals surface area contributed by atoms with Crippen LogP contribution in [0.5, 0.6) is 0 Å². The van der Waals surface area contributed by atoms with Crippen LogP contribution in [-0.2, 0) is 6.54 Å². The molecule has 98 valence electrons. The molecule has 19 heavy (non-hydrogen) atoms. The Morgan fingerprint density at radius 3 is 3.00 bits per heavy atom. The predicted molar refractivity (Wildman–Crippen MR) is 77.6 cm³/mol. The highest BCUT2D eigenvalue weighted by molar-refractivity contribution is 7.16. The molecule has 0 unspecified atom stereocenters. The van der Waals surface area contributed by atoms with Gasteiger partial charge in [0.25, 0.3) is 0 Å². The van der Waals surface area contributed by atoms with Crippen molar-refractivity contribution in [2.75, 3.05) is 17.2 Å². The maximum atomic E-state index is 5.05. The Morgan fingerprint density at radius 1 is 1.26 bits per heavy atom. The number of nitrogens with one attached hydrogen (secondary N) is 2. The zero-order chi connectivity index (χ0) is 13.1. The molecule has 3 aromatic rings. The minimum absolute atomic E-state index is 0.659. The summed E-state index contributed by atoms with van der Waals surface area (Å²) in [6.45, 7) is 3.52. The van der Waals surface area contributed by atoms with Crippen molar-refractivity contribution in [2.24, 2.45) is 0 Å². The summed E-state index contributed by atoms with van der Waals surface area (Å²) >= 11 is 1.62. The Morgan fingerprint density at radius 2 is 2.21 bits per heavy atom. The molecule has 0 aliphatic carbocycles. The lowest BCUT2D eigenvalue weighted by molar-refractivity contribution is 0.564. The van der Waals surface area contributed by atoms with Crippen LogP contribution >= 0.6 is 11.3 Å². The van der Waals surface area contributed by atoms with E-state index in [0.717, 1.165) is 28.1 Å². The third kappa shape index (κ3) is 2.53. The molecule has 0 saturated heterocycles. The molecule has 0 bridgehead atoms. The molecule has 0 spiro atoms. The first kappa shape index (κ1) is 12.0. The number of rotatable bonds is 5. The van der Waals surface area contributed by atoms with E-state index in [1.165, 1.54) is 0 Å². The largest absolute Gasteiger partial charge is 0.472 e. The highest BCUT2D eigenvalue weighted by Crippen LogP contribution is 2.26. The summed E-state index contributed by atoms with van der Waals surface area (Å²) in [6, 6.07) is 3.97. The first-order valence-electron chi connectivity index (χ1n) is 6.11. The number of anilines is 2. The molecule has 0 atom stereocenters.